The van der Waals surface area contributed by atoms with Crippen molar-refractivity contribution in [2.24, 2.45) is 0 Å². The summed E-state index contributed by atoms with van der Waals surface area (Å²) in [7, 11) is -8.55. The fraction of sp³-hybridized carbons (Fsp3) is 0.786. The molecule has 0 fully saturated rings. The van der Waals surface area contributed by atoms with E-state index in [2.05, 4.69) is 22.4 Å². The van der Waals surface area contributed by atoms with Gasteiger partial charge in [-0.2, -0.15) is 17.7 Å². The van der Waals surface area contributed by atoms with Crippen molar-refractivity contribution >= 4 is 30.3 Å². The number of hydrogen-bond acceptors (Lipinski definition) is 7. The zero-order valence-corrected chi connectivity index (χ0v) is 18.4. The smallest absolute Gasteiger partial charge is 0.501 e. The maximum atomic E-state index is 10.7. The van der Waals surface area contributed by atoms with Crippen LogP contribution < -0.4 is 4.57 Å². The Labute approximate surface area is 163 Å². The fourth-order valence-corrected chi connectivity index (χ4v) is 5.45. The third kappa shape index (κ3) is 9.96. The Morgan fingerprint density at radius 3 is 1.89 bits per heavy atom. The second-order valence-corrected chi connectivity index (χ2v) is 10.0. The van der Waals surface area contributed by atoms with Gasteiger partial charge in [-0.1, -0.05) is 11.3 Å². The number of aromatic nitrogens is 1. The van der Waals surface area contributed by atoms with Crippen molar-refractivity contribution in [2.45, 2.75) is 52.2 Å². The first kappa shape index (κ1) is 26.4. The molecule has 0 atom stereocenters. The predicted octanol–water partition coefficient (Wildman–Crippen LogP) is 2.83. The van der Waals surface area contributed by atoms with Gasteiger partial charge in [0, 0.05) is 39.2 Å². The normalized spacial score (nSPS) is 12.6. The molecule has 27 heavy (non-hydrogen) atoms. The van der Waals surface area contributed by atoms with Crippen LogP contribution >= 0.6 is 11.3 Å². The number of alkyl halides is 3. The van der Waals surface area contributed by atoms with E-state index in [0.29, 0.717) is 19.8 Å². The van der Waals surface area contributed by atoms with Gasteiger partial charge in [-0.3, -0.25) is 0 Å². The van der Waals surface area contributed by atoms with Crippen LogP contribution in [0, 0.1) is 6.92 Å². The monoisotopic (exact) mass is 453 g/mol. The lowest BCUT2D eigenvalue weighted by molar-refractivity contribution is -0.698. The Morgan fingerprint density at radius 1 is 1.15 bits per heavy atom. The van der Waals surface area contributed by atoms with E-state index in [9.17, 15) is 13.2 Å². The van der Waals surface area contributed by atoms with E-state index >= 15 is 0 Å². The lowest BCUT2D eigenvalue weighted by atomic mass is 10.4. The van der Waals surface area contributed by atoms with Crippen LogP contribution in [0.4, 0.5) is 13.2 Å². The average Bonchev–Trinajstić information content (AvgIpc) is 2.92. The van der Waals surface area contributed by atoms with E-state index in [1.165, 1.54) is 5.69 Å². The molecule has 0 aromatic carbocycles. The summed E-state index contributed by atoms with van der Waals surface area (Å²) in [5, 5.41) is 2.16. The standard InChI is InChI=1S/C13H26NO3SSi.CHF3O3S/c1-5-15-19(16-6-2,17-7-3)10-8-9-14-12-18-11-13(14)4;2-1(3,4)8(5,6)7/h11-12H,5-10H2,1-4H3;(H,5,6,7)/q+1;/p-1. The topological polar surface area (TPSA) is 88.8 Å². The minimum absolute atomic E-state index is 0.650. The van der Waals surface area contributed by atoms with Gasteiger partial charge >= 0.3 is 14.3 Å². The SMILES string of the molecule is CCO[Si](CCC[n+]1cscc1C)(OCC)OCC.O=S(=O)([O-])C(F)(F)F. The van der Waals surface area contributed by atoms with Gasteiger partial charge in [-0.15, -0.1) is 0 Å². The van der Waals surface area contributed by atoms with Crippen LogP contribution in [0.25, 0.3) is 0 Å². The second-order valence-electron chi connectivity index (χ2n) is 5.18. The van der Waals surface area contributed by atoms with Crippen molar-refractivity contribution < 1.29 is 44.0 Å². The van der Waals surface area contributed by atoms with Crippen molar-refractivity contribution in [3.05, 3.63) is 16.6 Å². The van der Waals surface area contributed by atoms with Crippen LogP contribution in [0.2, 0.25) is 6.04 Å². The van der Waals surface area contributed by atoms with Crippen LogP contribution in [-0.4, -0.2) is 47.1 Å². The molecule has 0 saturated heterocycles. The number of thiazole rings is 1. The molecule has 0 radical (unpaired) electrons. The van der Waals surface area contributed by atoms with E-state index in [1.807, 2.05) is 20.8 Å². The van der Waals surface area contributed by atoms with Crippen LogP contribution in [0.3, 0.4) is 0 Å². The first-order valence-corrected chi connectivity index (χ1v) is 12.6. The molecule has 1 aromatic heterocycles. The number of aryl methyl sites for hydroxylation is 2. The van der Waals surface area contributed by atoms with Crippen molar-refractivity contribution in [1.82, 2.24) is 0 Å². The first-order valence-electron chi connectivity index (χ1n) is 8.28. The van der Waals surface area contributed by atoms with Crippen LogP contribution in [0.15, 0.2) is 10.9 Å². The molecule has 7 nitrogen and oxygen atoms in total. The summed E-state index contributed by atoms with van der Waals surface area (Å²) >= 11 is 1.74. The summed E-state index contributed by atoms with van der Waals surface area (Å²) in [4.78, 5) is 0. The summed E-state index contributed by atoms with van der Waals surface area (Å²) < 4.78 is 78.7. The summed E-state index contributed by atoms with van der Waals surface area (Å²) in [6.07, 6.45) is 1.02. The molecule has 0 bridgehead atoms. The predicted molar refractivity (Wildman–Crippen MR) is 95.1 cm³/mol. The maximum Gasteiger partial charge on any atom is 0.501 e. The quantitative estimate of drug-likeness (QED) is 0.234. The molecule has 0 N–H and O–H groups in total. The zero-order valence-electron chi connectivity index (χ0n) is 15.7. The third-order valence-corrected chi connectivity index (χ3v) is 7.71. The van der Waals surface area contributed by atoms with Gasteiger partial charge in [0.25, 0.3) is 0 Å². The molecule has 0 aliphatic rings. The fourth-order valence-electron chi connectivity index (χ4n) is 2.05. The summed E-state index contributed by atoms with van der Waals surface area (Å²) in [5.74, 6) is 0. The van der Waals surface area contributed by atoms with Crippen LogP contribution in [0.1, 0.15) is 32.9 Å². The highest BCUT2D eigenvalue weighted by Crippen LogP contribution is 2.20. The van der Waals surface area contributed by atoms with Gasteiger partial charge in [-0.25, -0.2) is 8.42 Å². The number of halogens is 3. The Bertz CT molecular complexity index is 622. The highest BCUT2D eigenvalue weighted by atomic mass is 32.2. The van der Waals surface area contributed by atoms with Crippen molar-refractivity contribution in [2.75, 3.05) is 19.8 Å². The molecule has 0 aliphatic carbocycles. The maximum absolute atomic E-state index is 10.7. The van der Waals surface area contributed by atoms with E-state index in [0.717, 1.165) is 19.0 Å². The minimum atomic E-state index is -6.09. The summed E-state index contributed by atoms with van der Waals surface area (Å²) in [5.41, 5.74) is -2.19. The molecule has 1 aromatic rings. The third-order valence-electron chi connectivity index (χ3n) is 3.14. The molecule has 0 saturated carbocycles. The molecular weight excluding hydrogens is 427 g/mol. The van der Waals surface area contributed by atoms with Gasteiger partial charge in [0.1, 0.15) is 6.54 Å². The lowest BCUT2D eigenvalue weighted by Crippen LogP contribution is -2.47. The number of nitrogens with zero attached hydrogens (tertiary/aromatic N) is 1. The van der Waals surface area contributed by atoms with Gasteiger partial charge in [0.15, 0.2) is 15.8 Å². The van der Waals surface area contributed by atoms with Crippen molar-refractivity contribution in [3.63, 3.8) is 0 Å². The molecular formula is C14H26F3NO6S2Si. The molecule has 0 spiro atoms. The molecule has 1 heterocycles. The second kappa shape index (κ2) is 12.1. The van der Waals surface area contributed by atoms with E-state index in [4.69, 9.17) is 26.2 Å². The van der Waals surface area contributed by atoms with E-state index in [1.54, 1.807) is 11.3 Å². The van der Waals surface area contributed by atoms with Crippen molar-refractivity contribution in [3.8, 4) is 0 Å². The van der Waals surface area contributed by atoms with E-state index < -0.39 is 24.4 Å². The van der Waals surface area contributed by atoms with E-state index in [-0.39, 0.29) is 0 Å². The minimum Gasteiger partial charge on any atom is -0.741 e. The Morgan fingerprint density at radius 2 is 1.59 bits per heavy atom. The first-order chi connectivity index (χ1) is 12.4. The highest BCUT2D eigenvalue weighted by molar-refractivity contribution is 7.86. The zero-order chi connectivity index (χ0) is 21.1. The Hall–Kier alpha value is -0.573. The van der Waals surface area contributed by atoms with Gasteiger partial charge in [0.2, 0.25) is 5.51 Å². The molecule has 0 aliphatic heterocycles. The summed E-state index contributed by atoms with van der Waals surface area (Å²) in [6.45, 7) is 11.1. The lowest BCUT2D eigenvalue weighted by Gasteiger charge is -2.28. The molecule has 0 unspecified atom stereocenters. The molecule has 0 amide bonds. The molecule has 13 heteroatoms. The largest absolute Gasteiger partial charge is 0.741 e. The molecule has 1 rings (SSSR count). The number of hydrogen-bond donors (Lipinski definition) is 0. The Balaban J connectivity index is 0.000000713. The summed E-state index contributed by atoms with van der Waals surface area (Å²) in [6, 6.07) is 0.880. The highest BCUT2D eigenvalue weighted by Gasteiger charge is 2.40. The number of rotatable bonds is 10. The van der Waals surface area contributed by atoms with Gasteiger partial charge in [-0.05, 0) is 20.8 Å². The average molecular weight is 454 g/mol. The molecule has 160 valence electrons. The Kier molecular flexibility index (Phi) is 11.8. The van der Waals surface area contributed by atoms with Crippen molar-refractivity contribution in [1.29, 1.82) is 0 Å². The van der Waals surface area contributed by atoms with Crippen LogP contribution in [-0.2, 0) is 29.9 Å². The van der Waals surface area contributed by atoms with Gasteiger partial charge in [0.05, 0.1) is 5.38 Å². The van der Waals surface area contributed by atoms with Gasteiger partial charge < -0.3 is 17.8 Å². The van der Waals surface area contributed by atoms with Crippen LogP contribution in [0.5, 0.6) is 0 Å².